The highest BCUT2D eigenvalue weighted by Gasteiger charge is 2.20. The van der Waals surface area contributed by atoms with Crippen molar-refractivity contribution < 1.29 is 0 Å². The second kappa shape index (κ2) is 8.00. The average molecular weight is 346 g/mol. The van der Waals surface area contributed by atoms with Crippen LogP contribution in [0.25, 0.3) is 10.9 Å². The molecule has 26 heavy (non-hydrogen) atoms. The summed E-state index contributed by atoms with van der Waals surface area (Å²) in [5, 5.41) is 8.00. The van der Waals surface area contributed by atoms with Crippen LogP contribution in [0.4, 0.5) is 0 Å². The smallest absolute Gasteiger partial charge is 0.191 e. The zero-order valence-electron chi connectivity index (χ0n) is 15.7. The van der Waals surface area contributed by atoms with Gasteiger partial charge in [-0.25, -0.2) is 0 Å². The van der Waals surface area contributed by atoms with Gasteiger partial charge in [0.25, 0.3) is 0 Å². The van der Waals surface area contributed by atoms with Gasteiger partial charge < -0.3 is 10.6 Å². The number of para-hydroxylation sites is 1. The molecule has 0 aliphatic heterocycles. The van der Waals surface area contributed by atoms with E-state index in [1.54, 1.807) is 7.05 Å². The molecule has 1 heterocycles. The van der Waals surface area contributed by atoms with Gasteiger partial charge in [0.2, 0.25) is 0 Å². The molecule has 0 aliphatic rings. The summed E-state index contributed by atoms with van der Waals surface area (Å²) in [4.78, 5) is 8.86. The van der Waals surface area contributed by atoms with Gasteiger partial charge in [0.05, 0.1) is 5.52 Å². The molecule has 1 aromatic heterocycles. The summed E-state index contributed by atoms with van der Waals surface area (Å²) in [5.41, 5.74) is 3.51. The maximum absolute atomic E-state index is 4.51. The van der Waals surface area contributed by atoms with Crippen LogP contribution in [-0.2, 0) is 12.0 Å². The van der Waals surface area contributed by atoms with Gasteiger partial charge in [0.1, 0.15) is 0 Å². The van der Waals surface area contributed by atoms with Crippen molar-refractivity contribution in [3.05, 3.63) is 78.0 Å². The van der Waals surface area contributed by atoms with Crippen LogP contribution < -0.4 is 10.6 Å². The SMILES string of the molecule is CN=C(NCc1cccc2cccnc12)NCC(C)(C)c1ccccc1. The van der Waals surface area contributed by atoms with Crippen molar-refractivity contribution >= 4 is 16.9 Å². The number of hydrogen-bond acceptors (Lipinski definition) is 2. The first kappa shape index (κ1) is 17.9. The van der Waals surface area contributed by atoms with E-state index in [1.807, 2.05) is 18.3 Å². The summed E-state index contributed by atoms with van der Waals surface area (Å²) in [7, 11) is 1.80. The summed E-state index contributed by atoms with van der Waals surface area (Å²) in [5.74, 6) is 0.793. The Balaban J connectivity index is 1.63. The molecule has 0 aliphatic carbocycles. The number of benzene rings is 2. The number of guanidine groups is 1. The van der Waals surface area contributed by atoms with E-state index in [0.717, 1.165) is 29.0 Å². The first-order valence-corrected chi connectivity index (χ1v) is 8.93. The fourth-order valence-corrected chi connectivity index (χ4v) is 3.01. The standard InChI is InChI=1S/C22H26N4/c1-22(2,19-12-5-4-6-13-19)16-26-21(23-3)25-15-18-10-7-9-17-11-8-14-24-20(17)18/h4-14H,15-16H2,1-3H3,(H2,23,25,26). The normalized spacial score (nSPS) is 12.2. The molecule has 0 radical (unpaired) electrons. The molecule has 0 spiro atoms. The third-order valence-corrected chi connectivity index (χ3v) is 4.64. The van der Waals surface area contributed by atoms with Crippen LogP contribution in [-0.4, -0.2) is 24.5 Å². The lowest BCUT2D eigenvalue weighted by Crippen LogP contribution is -2.43. The Morgan fingerprint density at radius 3 is 2.50 bits per heavy atom. The fourth-order valence-electron chi connectivity index (χ4n) is 3.01. The molecule has 0 bridgehead atoms. The molecule has 0 saturated carbocycles. The van der Waals surface area contributed by atoms with Crippen molar-refractivity contribution in [1.82, 2.24) is 15.6 Å². The average Bonchev–Trinajstić information content (AvgIpc) is 2.69. The molecule has 134 valence electrons. The number of nitrogens with zero attached hydrogens (tertiary/aromatic N) is 2. The maximum atomic E-state index is 4.51. The van der Waals surface area contributed by atoms with Gasteiger partial charge in [-0.05, 0) is 17.2 Å². The number of hydrogen-bond donors (Lipinski definition) is 2. The van der Waals surface area contributed by atoms with E-state index in [2.05, 4.69) is 83.0 Å². The van der Waals surface area contributed by atoms with E-state index < -0.39 is 0 Å². The molecule has 0 unspecified atom stereocenters. The minimum absolute atomic E-state index is 0.0138. The lowest BCUT2D eigenvalue weighted by atomic mass is 9.85. The molecule has 2 N–H and O–H groups in total. The minimum atomic E-state index is 0.0138. The maximum Gasteiger partial charge on any atom is 0.191 e. The highest BCUT2D eigenvalue weighted by atomic mass is 15.2. The lowest BCUT2D eigenvalue weighted by Gasteiger charge is -2.26. The number of nitrogens with one attached hydrogen (secondary N) is 2. The van der Waals surface area contributed by atoms with E-state index in [-0.39, 0.29) is 5.41 Å². The van der Waals surface area contributed by atoms with Gasteiger partial charge in [-0.1, -0.05) is 68.4 Å². The van der Waals surface area contributed by atoms with Crippen molar-refractivity contribution in [2.45, 2.75) is 25.8 Å². The van der Waals surface area contributed by atoms with Gasteiger partial charge in [-0.15, -0.1) is 0 Å². The Morgan fingerprint density at radius 1 is 0.962 bits per heavy atom. The van der Waals surface area contributed by atoms with E-state index in [4.69, 9.17) is 0 Å². The predicted molar refractivity (Wildman–Crippen MR) is 109 cm³/mol. The van der Waals surface area contributed by atoms with Gasteiger partial charge in [0, 0.05) is 37.1 Å². The van der Waals surface area contributed by atoms with Crippen LogP contribution in [0.5, 0.6) is 0 Å². The van der Waals surface area contributed by atoms with Gasteiger partial charge in [0.15, 0.2) is 5.96 Å². The third kappa shape index (κ3) is 4.20. The fraction of sp³-hybridized carbons (Fsp3) is 0.273. The van der Waals surface area contributed by atoms with Crippen molar-refractivity contribution in [3.8, 4) is 0 Å². The largest absolute Gasteiger partial charge is 0.356 e. The lowest BCUT2D eigenvalue weighted by molar-refractivity contribution is 0.508. The first-order chi connectivity index (χ1) is 12.6. The Kier molecular flexibility index (Phi) is 5.52. The Morgan fingerprint density at radius 2 is 1.73 bits per heavy atom. The van der Waals surface area contributed by atoms with Crippen molar-refractivity contribution in [2.24, 2.45) is 4.99 Å². The van der Waals surface area contributed by atoms with Crippen LogP contribution in [0.3, 0.4) is 0 Å². The van der Waals surface area contributed by atoms with Crippen molar-refractivity contribution in [1.29, 1.82) is 0 Å². The van der Waals surface area contributed by atoms with E-state index in [1.165, 1.54) is 5.56 Å². The van der Waals surface area contributed by atoms with Crippen LogP contribution in [0.2, 0.25) is 0 Å². The molecular weight excluding hydrogens is 320 g/mol. The van der Waals surface area contributed by atoms with Crippen LogP contribution >= 0.6 is 0 Å². The number of aromatic nitrogens is 1. The number of pyridine rings is 1. The van der Waals surface area contributed by atoms with E-state index >= 15 is 0 Å². The Labute approximate surface area is 155 Å². The molecule has 3 aromatic rings. The molecule has 0 atom stereocenters. The third-order valence-electron chi connectivity index (χ3n) is 4.64. The minimum Gasteiger partial charge on any atom is -0.356 e. The van der Waals surface area contributed by atoms with E-state index in [0.29, 0.717) is 6.54 Å². The summed E-state index contributed by atoms with van der Waals surface area (Å²) < 4.78 is 0. The summed E-state index contributed by atoms with van der Waals surface area (Å²) in [6.07, 6.45) is 1.83. The van der Waals surface area contributed by atoms with Crippen molar-refractivity contribution in [3.63, 3.8) is 0 Å². The highest BCUT2D eigenvalue weighted by molar-refractivity contribution is 5.83. The highest BCUT2D eigenvalue weighted by Crippen LogP contribution is 2.21. The van der Waals surface area contributed by atoms with Crippen LogP contribution in [0.15, 0.2) is 71.9 Å². The molecule has 0 fully saturated rings. The van der Waals surface area contributed by atoms with Crippen molar-refractivity contribution in [2.75, 3.05) is 13.6 Å². The summed E-state index contributed by atoms with van der Waals surface area (Å²) in [6.45, 7) is 5.94. The topological polar surface area (TPSA) is 49.3 Å². The molecule has 4 nitrogen and oxygen atoms in total. The number of rotatable bonds is 5. The van der Waals surface area contributed by atoms with Crippen LogP contribution in [0, 0.1) is 0 Å². The van der Waals surface area contributed by atoms with Crippen LogP contribution in [0.1, 0.15) is 25.0 Å². The molecule has 3 rings (SSSR count). The molecule has 2 aromatic carbocycles. The zero-order chi connectivity index (χ0) is 18.4. The second-order valence-electron chi connectivity index (χ2n) is 7.02. The van der Waals surface area contributed by atoms with Gasteiger partial charge in [-0.2, -0.15) is 0 Å². The summed E-state index contributed by atoms with van der Waals surface area (Å²) in [6, 6.07) is 20.8. The predicted octanol–water partition coefficient (Wildman–Crippen LogP) is 3.88. The molecule has 0 amide bonds. The van der Waals surface area contributed by atoms with Gasteiger partial charge >= 0.3 is 0 Å². The quantitative estimate of drug-likeness (QED) is 0.544. The Hall–Kier alpha value is -2.88. The monoisotopic (exact) mass is 346 g/mol. The van der Waals surface area contributed by atoms with E-state index in [9.17, 15) is 0 Å². The van der Waals surface area contributed by atoms with Gasteiger partial charge in [-0.3, -0.25) is 9.98 Å². The Bertz CT molecular complexity index is 880. The second-order valence-corrected chi connectivity index (χ2v) is 7.02. The number of fused-ring (bicyclic) bond motifs is 1. The zero-order valence-corrected chi connectivity index (χ0v) is 15.7. The first-order valence-electron chi connectivity index (χ1n) is 8.93. The molecule has 4 heteroatoms. The number of aliphatic imine (C=N–C) groups is 1. The molecule has 0 saturated heterocycles. The molecular formula is C22H26N4. The summed E-state index contributed by atoms with van der Waals surface area (Å²) >= 11 is 0.